The van der Waals surface area contributed by atoms with Gasteiger partial charge >= 0.3 is 0 Å². The van der Waals surface area contributed by atoms with E-state index in [1.54, 1.807) is 0 Å². The summed E-state index contributed by atoms with van der Waals surface area (Å²) in [6.45, 7) is 7.17. The third-order valence-electron chi connectivity index (χ3n) is 3.40. The Balaban J connectivity index is 2.13. The molecule has 1 unspecified atom stereocenters. The number of hydrogen-bond acceptors (Lipinski definition) is 3. The minimum absolute atomic E-state index is 0.105. The topological polar surface area (TPSA) is 57.0 Å². The first-order valence-electron chi connectivity index (χ1n) is 7.07. The molecule has 0 fully saturated rings. The Kier molecular flexibility index (Phi) is 4.43. The lowest BCUT2D eigenvalue weighted by Gasteiger charge is -2.10. The average Bonchev–Trinajstić information content (AvgIpc) is 3.04. The highest BCUT2D eigenvalue weighted by molar-refractivity contribution is 5.16. The Hall–Kier alpha value is -1.55. The Morgan fingerprint density at radius 1 is 1.26 bits per heavy atom. The monoisotopic (exact) mass is 261 g/mol. The molecule has 2 heterocycles. The molecule has 2 N–H and O–H groups in total. The van der Waals surface area contributed by atoms with Gasteiger partial charge in [0.05, 0.1) is 11.7 Å². The lowest BCUT2D eigenvalue weighted by molar-refractivity contribution is 0.429. The van der Waals surface area contributed by atoms with Crippen molar-refractivity contribution < 1.29 is 4.42 Å². The molecule has 0 bridgehead atoms. The van der Waals surface area contributed by atoms with Gasteiger partial charge in [0.15, 0.2) is 0 Å². The summed E-state index contributed by atoms with van der Waals surface area (Å²) in [4.78, 5) is 0. The molecule has 1 atom stereocenters. The maximum absolute atomic E-state index is 6.23. The number of nitrogens with two attached hydrogens (primary N) is 1. The van der Waals surface area contributed by atoms with Gasteiger partial charge in [0.25, 0.3) is 0 Å². The minimum atomic E-state index is -0.105. The molecule has 2 aromatic rings. The van der Waals surface area contributed by atoms with Crippen molar-refractivity contribution in [1.29, 1.82) is 0 Å². The fourth-order valence-corrected chi connectivity index (χ4v) is 2.24. The van der Waals surface area contributed by atoms with Gasteiger partial charge in [-0.2, -0.15) is 5.10 Å². The fourth-order valence-electron chi connectivity index (χ4n) is 2.24. The molecule has 4 heteroatoms. The molecule has 0 saturated heterocycles. The van der Waals surface area contributed by atoms with Crippen molar-refractivity contribution in [3.05, 3.63) is 41.1 Å². The first-order chi connectivity index (χ1) is 9.17. The summed E-state index contributed by atoms with van der Waals surface area (Å²) in [5.41, 5.74) is 8.54. The summed E-state index contributed by atoms with van der Waals surface area (Å²) in [6, 6.07) is 6.03. The number of aromatic nitrogens is 2. The molecule has 0 saturated carbocycles. The summed E-state index contributed by atoms with van der Waals surface area (Å²) in [5.74, 6) is 1.85. The molecule has 0 spiro atoms. The van der Waals surface area contributed by atoms with Crippen LogP contribution in [-0.4, -0.2) is 9.78 Å². The van der Waals surface area contributed by atoms with Crippen LogP contribution in [-0.2, 0) is 25.8 Å². The van der Waals surface area contributed by atoms with Crippen LogP contribution < -0.4 is 5.73 Å². The Morgan fingerprint density at radius 2 is 2.05 bits per heavy atom. The molecule has 2 rings (SSSR count). The zero-order chi connectivity index (χ0) is 13.8. The molecular formula is C15H23N3O. The second-order valence-corrected chi connectivity index (χ2v) is 4.76. The number of hydrogen-bond donors (Lipinski definition) is 1. The van der Waals surface area contributed by atoms with Gasteiger partial charge in [0, 0.05) is 25.1 Å². The predicted molar refractivity (Wildman–Crippen MR) is 76.0 cm³/mol. The van der Waals surface area contributed by atoms with Crippen molar-refractivity contribution in [1.82, 2.24) is 9.78 Å². The van der Waals surface area contributed by atoms with Gasteiger partial charge in [-0.25, -0.2) is 0 Å². The van der Waals surface area contributed by atoms with Crippen molar-refractivity contribution in [2.45, 2.75) is 52.6 Å². The van der Waals surface area contributed by atoms with Gasteiger partial charge in [-0.15, -0.1) is 0 Å². The van der Waals surface area contributed by atoms with E-state index in [9.17, 15) is 0 Å². The van der Waals surface area contributed by atoms with E-state index < -0.39 is 0 Å². The van der Waals surface area contributed by atoms with Gasteiger partial charge in [-0.3, -0.25) is 4.68 Å². The SMILES string of the molecule is CCc1cc(CC(N)c2ccc(CC)o2)n(CC)n1. The summed E-state index contributed by atoms with van der Waals surface area (Å²) in [7, 11) is 0. The fraction of sp³-hybridized carbons (Fsp3) is 0.533. The largest absolute Gasteiger partial charge is 0.464 e. The van der Waals surface area contributed by atoms with Crippen LogP contribution >= 0.6 is 0 Å². The highest BCUT2D eigenvalue weighted by Crippen LogP contribution is 2.20. The molecule has 0 radical (unpaired) electrons. The van der Waals surface area contributed by atoms with Crippen molar-refractivity contribution >= 4 is 0 Å². The Bertz CT molecular complexity index is 527. The summed E-state index contributed by atoms with van der Waals surface area (Å²) in [6.07, 6.45) is 2.62. The Labute approximate surface area is 114 Å². The number of rotatable bonds is 6. The van der Waals surface area contributed by atoms with Crippen molar-refractivity contribution in [2.24, 2.45) is 5.73 Å². The van der Waals surface area contributed by atoms with Crippen LogP contribution in [0.15, 0.2) is 22.6 Å². The summed E-state index contributed by atoms with van der Waals surface area (Å²) >= 11 is 0. The summed E-state index contributed by atoms with van der Waals surface area (Å²) < 4.78 is 7.75. The molecule has 0 aliphatic heterocycles. The van der Waals surface area contributed by atoms with Gasteiger partial charge in [-0.1, -0.05) is 13.8 Å². The van der Waals surface area contributed by atoms with Gasteiger partial charge < -0.3 is 10.2 Å². The van der Waals surface area contributed by atoms with E-state index >= 15 is 0 Å². The smallest absolute Gasteiger partial charge is 0.121 e. The minimum Gasteiger partial charge on any atom is -0.464 e. The van der Waals surface area contributed by atoms with Crippen LogP contribution in [0.1, 0.15) is 49.7 Å². The average molecular weight is 261 g/mol. The molecule has 104 valence electrons. The van der Waals surface area contributed by atoms with Crippen LogP contribution in [0.5, 0.6) is 0 Å². The quantitative estimate of drug-likeness (QED) is 0.870. The first-order valence-corrected chi connectivity index (χ1v) is 7.07. The zero-order valence-corrected chi connectivity index (χ0v) is 12.0. The van der Waals surface area contributed by atoms with E-state index in [1.807, 2.05) is 16.8 Å². The van der Waals surface area contributed by atoms with E-state index in [2.05, 4.69) is 31.9 Å². The van der Waals surface area contributed by atoms with Gasteiger partial charge in [0.2, 0.25) is 0 Å². The van der Waals surface area contributed by atoms with Crippen LogP contribution in [0, 0.1) is 0 Å². The van der Waals surface area contributed by atoms with E-state index in [1.165, 1.54) is 5.69 Å². The normalized spacial score (nSPS) is 12.8. The van der Waals surface area contributed by atoms with Crippen LogP contribution in [0.2, 0.25) is 0 Å². The molecule has 0 amide bonds. The highest BCUT2D eigenvalue weighted by Gasteiger charge is 2.15. The first kappa shape index (κ1) is 13.9. The van der Waals surface area contributed by atoms with Crippen LogP contribution in [0.3, 0.4) is 0 Å². The predicted octanol–water partition coefficient (Wildman–Crippen LogP) is 2.86. The molecule has 4 nitrogen and oxygen atoms in total. The number of furan rings is 1. The summed E-state index contributed by atoms with van der Waals surface area (Å²) in [5, 5.41) is 4.55. The second kappa shape index (κ2) is 6.06. The number of aryl methyl sites for hydroxylation is 3. The standard InChI is InChI=1S/C15H23N3O/c1-4-11-9-12(18(6-3)17-11)10-14(16)15-8-7-13(5-2)19-15/h7-9,14H,4-6,10,16H2,1-3H3. The van der Waals surface area contributed by atoms with Crippen molar-refractivity contribution in [3.63, 3.8) is 0 Å². The molecular weight excluding hydrogens is 238 g/mol. The van der Waals surface area contributed by atoms with E-state index in [-0.39, 0.29) is 6.04 Å². The van der Waals surface area contributed by atoms with E-state index in [0.29, 0.717) is 0 Å². The lowest BCUT2D eigenvalue weighted by atomic mass is 10.1. The van der Waals surface area contributed by atoms with Crippen molar-refractivity contribution in [2.75, 3.05) is 0 Å². The van der Waals surface area contributed by atoms with Gasteiger partial charge in [-0.05, 0) is 31.5 Å². The second-order valence-electron chi connectivity index (χ2n) is 4.76. The molecule has 2 aromatic heterocycles. The van der Waals surface area contributed by atoms with Crippen LogP contribution in [0.4, 0.5) is 0 Å². The molecule has 0 aliphatic carbocycles. The molecule has 0 aromatic carbocycles. The van der Waals surface area contributed by atoms with E-state index in [4.69, 9.17) is 10.2 Å². The third kappa shape index (κ3) is 3.07. The highest BCUT2D eigenvalue weighted by atomic mass is 16.3. The van der Waals surface area contributed by atoms with Gasteiger partial charge in [0.1, 0.15) is 11.5 Å². The lowest BCUT2D eigenvalue weighted by Crippen LogP contribution is -2.15. The molecule has 0 aliphatic rings. The van der Waals surface area contributed by atoms with Crippen molar-refractivity contribution in [3.8, 4) is 0 Å². The Morgan fingerprint density at radius 3 is 2.63 bits per heavy atom. The third-order valence-corrected chi connectivity index (χ3v) is 3.40. The maximum Gasteiger partial charge on any atom is 0.121 e. The zero-order valence-electron chi connectivity index (χ0n) is 12.0. The number of nitrogens with zero attached hydrogens (tertiary/aromatic N) is 2. The van der Waals surface area contributed by atoms with Crippen LogP contribution in [0.25, 0.3) is 0 Å². The molecule has 19 heavy (non-hydrogen) atoms. The maximum atomic E-state index is 6.23. The van der Waals surface area contributed by atoms with E-state index in [0.717, 1.165) is 43.0 Å².